The van der Waals surface area contributed by atoms with E-state index < -0.39 is 0 Å². The number of aromatic nitrogens is 1. The fourth-order valence-corrected chi connectivity index (χ4v) is 3.95. The van der Waals surface area contributed by atoms with E-state index in [-0.39, 0.29) is 5.91 Å². The predicted molar refractivity (Wildman–Crippen MR) is 103 cm³/mol. The average Bonchev–Trinajstić information content (AvgIpc) is 2.74. The van der Waals surface area contributed by atoms with Crippen molar-refractivity contribution in [1.29, 1.82) is 0 Å². The third-order valence-corrected chi connectivity index (χ3v) is 5.36. The standard InChI is InChI=1S/C22H26N2O3/c25-22(18-9-10-20-21(14-18)27-13-12-26-20)24(15-17-6-2-1-3-7-17)16-19-8-4-5-11-23-19/h4-5,8-11,14,17H,1-3,6-7,12-13,15-16H2. The van der Waals surface area contributed by atoms with Gasteiger partial charge < -0.3 is 14.4 Å². The zero-order valence-corrected chi connectivity index (χ0v) is 15.6. The lowest BCUT2D eigenvalue weighted by Crippen LogP contribution is -2.36. The second-order valence-electron chi connectivity index (χ2n) is 7.37. The van der Waals surface area contributed by atoms with Gasteiger partial charge in [-0.05, 0) is 49.1 Å². The molecule has 1 amide bonds. The first-order valence-corrected chi connectivity index (χ1v) is 9.88. The normalized spacial score (nSPS) is 16.7. The van der Waals surface area contributed by atoms with Gasteiger partial charge in [0, 0.05) is 18.3 Å². The van der Waals surface area contributed by atoms with Gasteiger partial charge in [-0.25, -0.2) is 0 Å². The van der Waals surface area contributed by atoms with E-state index >= 15 is 0 Å². The van der Waals surface area contributed by atoms with Crippen LogP contribution in [0, 0.1) is 5.92 Å². The van der Waals surface area contributed by atoms with Crippen molar-refractivity contribution in [3.63, 3.8) is 0 Å². The molecule has 0 unspecified atom stereocenters. The number of fused-ring (bicyclic) bond motifs is 1. The summed E-state index contributed by atoms with van der Waals surface area (Å²) in [6.07, 6.45) is 8.02. The molecule has 1 aromatic carbocycles. The van der Waals surface area contributed by atoms with Crippen LogP contribution in [-0.2, 0) is 6.54 Å². The first-order chi connectivity index (χ1) is 13.3. The summed E-state index contributed by atoms with van der Waals surface area (Å²) in [4.78, 5) is 19.7. The van der Waals surface area contributed by atoms with E-state index in [1.807, 2.05) is 41.3 Å². The van der Waals surface area contributed by atoms with Crippen LogP contribution in [0.2, 0.25) is 0 Å². The predicted octanol–water partition coefficient (Wildman–Crippen LogP) is 4.08. The third kappa shape index (κ3) is 4.41. The van der Waals surface area contributed by atoms with Crippen molar-refractivity contribution in [1.82, 2.24) is 9.88 Å². The summed E-state index contributed by atoms with van der Waals surface area (Å²) in [6, 6.07) is 11.3. The van der Waals surface area contributed by atoms with Crippen molar-refractivity contribution in [2.45, 2.75) is 38.6 Å². The van der Waals surface area contributed by atoms with Crippen LogP contribution in [0.3, 0.4) is 0 Å². The third-order valence-electron chi connectivity index (χ3n) is 5.36. The highest BCUT2D eigenvalue weighted by Gasteiger charge is 2.24. The van der Waals surface area contributed by atoms with Gasteiger partial charge in [0.1, 0.15) is 13.2 Å². The van der Waals surface area contributed by atoms with Crippen LogP contribution in [0.15, 0.2) is 42.6 Å². The molecule has 2 aliphatic rings. The first-order valence-electron chi connectivity index (χ1n) is 9.88. The van der Waals surface area contributed by atoms with E-state index in [2.05, 4.69) is 4.98 Å². The summed E-state index contributed by atoms with van der Waals surface area (Å²) in [5.41, 5.74) is 1.56. The Morgan fingerprint density at radius 1 is 1.04 bits per heavy atom. The Bertz CT molecular complexity index is 772. The maximum Gasteiger partial charge on any atom is 0.254 e. The zero-order valence-electron chi connectivity index (χ0n) is 15.6. The van der Waals surface area contributed by atoms with Crippen molar-refractivity contribution < 1.29 is 14.3 Å². The molecule has 0 radical (unpaired) electrons. The summed E-state index contributed by atoms with van der Waals surface area (Å²) in [6.45, 7) is 2.38. The maximum atomic E-state index is 13.3. The molecule has 1 fully saturated rings. The Labute approximate surface area is 160 Å². The molecule has 5 nitrogen and oxygen atoms in total. The zero-order chi connectivity index (χ0) is 18.5. The van der Waals surface area contributed by atoms with E-state index in [1.165, 1.54) is 32.1 Å². The molecule has 1 aliphatic carbocycles. The lowest BCUT2D eigenvalue weighted by Gasteiger charge is -2.30. The number of carbonyl (C=O) groups excluding carboxylic acids is 1. The summed E-state index contributed by atoms with van der Waals surface area (Å²) in [7, 11) is 0. The van der Waals surface area contributed by atoms with E-state index in [9.17, 15) is 4.79 Å². The summed E-state index contributed by atoms with van der Waals surface area (Å²) >= 11 is 0. The van der Waals surface area contributed by atoms with Crippen molar-refractivity contribution in [3.8, 4) is 11.5 Å². The lowest BCUT2D eigenvalue weighted by atomic mass is 9.88. The molecule has 4 rings (SSSR count). The van der Waals surface area contributed by atoms with Crippen LogP contribution >= 0.6 is 0 Å². The van der Waals surface area contributed by atoms with E-state index in [4.69, 9.17) is 9.47 Å². The van der Waals surface area contributed by atoms with Gasteiger partial charge in [-0.3, -0.25) is 9.78 Å². The number of benzene rings is 1. The highest BCUT2D eigenvalue weighted by atomic mass is 16.6. The van der Waals surface area contributed by atoms with Crippen LogP contribution in [0.5, 0.6) is 11.5 Å². The van der Waals surface area contributed by atoms with Gasteiger partial charge in [0.2, 0.25) is 0 Å². The second kappa shape index (κ2) is 8.42. The van der Waals surface area contributed by atoms with Crippen molar-refractivity contribution in [3.05, 3.63) is 53.9 Å². The Balaban J connectivity index is 1.55. The number of hydrogen-bond donors (Lipinski definition) is 0. The SMILES string of the molecule is O=C(c1ccc2c(c1)OCCO2)N(Cc1ccccn1)CC1CCCCC1. The Morgan fingerprint density at radius 2 is 1.85 bits per heavy atom. The van der Waals surface area contributed by atoms with Gasteiger partial charge in [-0.15, -0.1) is 0 Å². The fraction of sp³-hybridized carbons (Fsp3) is 0.455. The van der Waals surface area contributed by atoms with Gasteiger partial charge in [-0.1, -0.05) is 25.3 Å². The Morgan fingerprint density at radius 3 is 2.63 bits per heavy atom. The first kappa shape index (κ1) is 17.8. The number of hydrogen-bond acceptors (Lipinski definition) is 4. The number of rotatable bonds is 5. The van der Waals surface area contributed by atoms with Crippen LogP contribution in [0.1, 0.15) is 48.2 Å². The molecule has 0 N–H and O–H groups in total. The molecule has 0 bridgehead atoms. The molecule has 0 spiro atoms. The quantitative estimate of drug-likeness (QED) is 0.800. The Hall–Kier alpha value is -2.56. The van der Waals surface area contributed by atoms with Crippen LogP contribution in [0.4, 0.5) is 0 Å². The minimum absolute atomic E-state index is 0.0307. The Kier molecular flexibility index (Phi) is 5.56. The maximum absolute atomic E-state index is 13.3. The summed E-state index contributed by atoms with van der Waals surface area (Å²) in [5.74, 6) is 1.97. The molecule has 5 heteroatoms. The monoisotopic (exact) mass is 366 g/mol. The topological polar surface area (TPSA) is 51.7 Å². The van der Waals surface area contributed by atoms with Crippen LogP contribution in [0.25, 0.3) is 0 Å². The molecule has 142 valence electrons. The second-order valence-corrected chi connectivity index (χ2v) is 7.37. The van der Waals surface area contributed by atoms with Crippen molar-refractivity contribution in [2.75, 3.05) is 19.8 Å². The molecule has 2 heterocycles. The highest BCUT2D eigenvalue weighted by Crippen LogP contribution is 2.32. The van der Waals surface area contributed by atoms with Gasteiger partial charge in [0.25, 0.3) is 5.91 Å². The number of carbonyl (C=O) groups is 1. The van der Waals surface area contributed by atoms with Crippen LogP contribution in [-0.4, -0.2) is 35.5 Å². The molecular formula is C22H26N2O3. The average molecular weight is 366 g/mol. The lowest BCUT2D eigenvalue weighted by molar-refractivity contribution is 0.0695. The smallest absolute Gasteiger partial charge is 0.254 e. The van der Waals surface area contributed by atoms with Gasteiger partial charge in [-0.2, -0.15) is 0 Å². The molecular weight excluding hydrogens is 340 g/mol. The van der Waals surface area contributed by atoms with E-state index in [1.54, 1.807) is 6.20 Å². The van der Waals surface area contributed by atoms with Gasteiger partial charge >= 0.3 is 0 Å². The van der Waals surface area contributed by atoms with E-state index in [0.717, 1.165) is 12.2 Å². The van der Waals surface area contributed by atoms with Crippen molar-refractivity contribution >= 4 is 5.91 Å². The number of nitrogens with zero attached hydrogens (tertiary/aromatic N) is 2. The van der Waals surface area contributed by atoms with E-state index in [0.29, 0.717) is 42.7 Å². The number of amides is 1. The van der Waals surface area contributed by atoms with Crippen LogP contribution < -0.4 is 9.47 Å². The molecule has 0 atom stereocenters. The largest absolute Gasteiger partial charge is 0.486 e. The molecule has 1 aliphatic heterocycles. The molecule has 0 saturated heterocycles. The minimum Gasteiger partial charge on any atom is -0.486 e. The van der Waals surface area contributed by atoms with Crippen molar-refractivity contribution in [2.24, 2.45) is 5.92 Å². The summed E-state index contributed by atoms with van der Waals surface area (Å²) in [5, 5.41) is 0. The summed E-state index contributed by atoms with van der Waals surface area (Å²) < 4.78 is 11.2. The minimum atomic E-state index is 0.0307. The fourth-order valence-electron chi connectivity index (χ4n) is 3.95. The number of pyridine rings is 1. The van der Waals surface area contributed by atoms with Gasteiger partial charge in [0.05, 0.1) is 12.2 Å². The molecule has 1 saturated carbocycles. The highest BCUT2D eigenvalue weighted by molar-refractivity contribution is 5.95. The molecule has 1 aromatic heterocycles. The number of ether oxygens (including phenoxy) is 2. The van der Waals surface area contributed by atoms with Gasteiger partial charge in [0.15, 0.2) is 11.5 Å². The molecule has 27 heavy (non-hydrogen) atoms. The molecule has 2 aromatic rings.